The molecule has 1 fully saturated rings. The number of hydrogen-bond donors (Lipinski definition) is 2. The number of nitriles is 1. The Labute approximate surface area is 196 Å². The molecule has 0 bridgehead atoms. The van der Waals surface area contributed by atoms with Gasteiger partial charge in [0.05, 0.1) is 42.8 Å². The first kappa shape index (κ1) is 21.6. The van der Waals surface area contributed by atoms with E-state index in [0.29, 0.717) is 18.8 Å². The Balaban J connectivity index is 1.35. The first-order valence-electron chi connectivity index (χ1n) is 11.1. The van der Waals surface area contributed by atoms with E-state index in [0.717, 1.165) is 46.5 Å². The number of ether oxygens (including phenoxy) is 1. The van der Waals surface area contributed by atoms with Crippen LogP contribution in [0.5, 0.6) is 0 Å². The molecule has 34 heavy (non-hydrogen) atoms. The molecule has 3 aromatic heterocycles. The lowest BCUT2D eigenvalue weighted by Crippen LogP contribution is -2.36. The van der Waals surface area contributed by atoms with Gasteiger partial charge in [-0.1, -0.05) is 18.2 Å². The van der Waals surface area contributed by atoms with E-state index in [1.165, 1.54) is 0 Å². The molecule has 170 valence electrons. The summed E-state index contributed by atoms with van der Waals surface area (Å²) in [6.07, 6.45) is 7.02. The second kappa shape index (κ2) is 9.29. The van der Waals surface area contributed by atoms with Crippen molar-refractivity contribution < 1.29 is 9.53 Å². The Kier molecular flexibility index (Phi) is 5.89. The van der Waals surface area contributed by atoms with Crippen LogP contribution >= 0.6 is 0 Å². The fourth-order valence-electron chi connectivity index (χ4n) is 4.13. The molecule has 0 saturated carbocycles. The monoisotopic (exact) mass is 453 g/mol. The molecule has 0 unspecified atom stereocenters. The van der Waals surface area contributed by atoms with Crippen LogP contribution in [0.2, 0.25) is 0 Å². The van der Waals surface area contributed by atoms with Gasteiger partial charge in [0, 0.05) is 48.2 Å². The molecular formula is C25H23N7O2. The Hall–Kier alpha value is -4.29. The topological polar surface area (TPSA) is 120 Å². The SMILES string of the molecule is C[C@H](NC(=O)c1ncc(-c2c[nH]c3ncc(N4CCOCC4)cc23)cn1)c1ccccc1C#N. The predicted octanol–water partition coefficient (Wildman–Crippen LogP) is 3.22. The van der Waals surface area contributed by atoms with Gasteiger partial charge in [-0.2, -0.15) is 5.26 Å². The van der Waals surface area contributed by atoms with Crippen molar-refractivity contribution in [1.29, 1.82) is 5.26 Å². The molecule has 9 nitrogen and oxygen atoms in total. The van der Waals surface area contributed by atoms with Crippen LogP contribution in [0.3, 0.4) is 0 Å². The van der Waals surface area contributed by atoms with Crippen molar-refractivity contribution >= 4 is 22.6 Å². The summed E-state index contributed by atoms with van der Waals surface area (Å²) >= 11 is 0. The highest BCUT2D eigenvalue weighted by Gasteiger charge is 2.18. The molecule has 4 heterocycles. The average Bonchev–Trinajstić information content (AvgIpc) is 3.32. The second-order valence-corrected chi connectivity index (χ2v) is 8.08. The van der Waals surface area contributed by atoms with Gasteiger partial charge in [0.15, 0.2) is 0 Å². The van der Waals surface area contributed by atoms with Crippen molar-refractivity contribution in [2.45, 2.75) is 13.0 Å². The van der Waals surface area contributed by atoms with Crippen molar-refractivity contribution in [2.24, 2.45) is 0 Å². The van der Waals surface area contributed by atoms with Gasteiger partial charge in [0.2, 0.25) is 5.82 Å². The third kappa shape index (κ3) is 4.19. The number of H-pyrrole nitrogens is 1. The number of rotatable bonds is 5. The van der Waals surface area contributed by atoms with Gasteiger partial charge in [-0.25, -0.2) is 15.0 Å². The summed E-state index contributed by atoms with van der Waals surface area (Å²) in [5.41, 5.74) is 4.79. The number of fused-ring (bicyclic) bond motifs is 1. The fourth-order valence-corrected chi connectivity index (χ4v) is 4.13. The maximum atomic E-state index is 12.7. The van der Waals surface area contributed by atoms with E-state index in [-0.39, 0.29) is 11.9 Å². The molecular weight excluding hydrogens is 430 g/mol. The minimum atomic E-state index is -0.401. The Morgan fingerprint density at radius 3 is 2.71 bits per heavy atom. The van der Waals surface area contributed by atoms with Crippen LogP contribution in [0.1, 0.15) is 34.7 Å². The van der Waals surface area contributed by atoms with Crippen LogP contribution in [-0.2, 0) is 4.74 Å². The predicted molar refractivity (Wildman–Crippen MR) is 127 cm³/mol. The summed E-state index contributed by atoms with van der Waals surface area (Å²) in [6.45, 7) is 4.90. The summed E-state index contributed by atoms with van der Waals surface area (Å²) in [5.74, 6) is -0.334. The van der Waals surface area contributed by atoms with E-state index in [9.17, 15) is 10.1 Å². The Morgan fingerprint density at radius 2 is 1.94 bits per heavy atom. The minimum absolute atomic E-state index is 0.0667. The van der Waals surface area contributed by atoms with E-state index in [2.05, 4.69) is 42.3 Å². The number of pyridine rings is 1. The van der Waals surface area contributed by atoms with Crippen LogP contribution in [0.25, 0.3) is 22.2 Å². The summed E-state index contributed by atoms with van der Waals surface area (Å²) < 4.78 is 5.45. The van der Waals surface area contributed by atoms with Crippen LogP contribution in [-0.4, -0.2) is 52.1 Å². The molecule has 2 N–H and O–H groups in total. The van der Waals surface area contributed by atoms with Crippen LogP contribution in [0.4, 0.5) is 5.69 Å². The summed E-state index contributed by atoms with van der Waals surface area (Å²) in [5, 5.41) is 13.1. The Morgan fingerprint density at radius 1 is 1.18 bits per heavy atom. The van der Waals surface area contributed by atoms with Crippen molar-refractivity contribution in [2.75, 3.05) is 31.2 Å². The molecule has 4 aromatic rings. The number of carbonyl (C=O) groups excluding carboxylic acids is 1. The number of morpholine rings is 1. The van der Waals surface area contributed by atoms with Gasteiger partial charge in [-0.15, -0.1) is 0 Å². The number of anilines is 1. The van der Waals surface area contributed by atoms with E-state index < -0.39 is 5.91 Å². The van der Waals surface area contributed by atoms with Gasteiger partial charge in [-0.05, 0) is 24.6 Å². The van der Waals surface area contributed by atoms with E-state index in [4.69, 9.17) is 4.74 Å². The van der Waals surface area contributed by atoms with Gasteiger partial charge in [-0.3, -0.25) is 4.79 Å². The standard InChI is InChI=1S/C25H23N7O2/c1-16(20-5-3-2-4-17(20)11-26)31-25(33)24-27-12-18(13-28-24)22-15-30-23-21(22)10-19(14-29-23)32-6-8-34-9-7-32/h2-5,10,12-16H,6-9H2,1H3,(H,29,30)(H,31,33)/t16-/m0/s1. The number of aromatic nitrogens is 4. The number of nitrogens with zero attached hydrogens (tertiary/aromatic N) is 5. The highest BCUT2D eigenvalue weighted by Crippen LogP contribution is 2.30. The lowest BCUT2D eigenvalue weighted by Gasteiger charge is -2.28. The maximum Gasteiger partial charge on any atom is 0.289 e. The van der Waals surface area contributed by atoms with E-state index >= 15 is 0 Å². The molecule has 1 atom stereocenters. The number of carbonyl (C=O) groups is 1. The van der Waals surface area contributed by atoms with Gasteiger partial charge in [0.25, 0.3) is 5.91 Å². The zero-order valence-corrected chi connectivity index (χ0v) is 18.7. The molecule has 0 spiro atoms. The molecule has 0 radical (unpaired) electrons. The largest absolute Gasteiger partial charge is 0.378 e. The highest BCUT2D eigenvalue weighted by atomic mass is 16.5. The quantitative estimate of drug-likeness (QED) is 0.476. The smallest absolute Gasteiger partial charge is 0.289 e. The van der Waals surface area contributed by atoms with Gasteiger partial charge >= 0.3 is 0 Å². The van der Waals surface area contributed by atoms with Crippen molar-refractivity contribution in [3.63, 3.8) is 0 Å². The third-order valence-electron chi connectivity index (χ3n) is 5.95. The average molecular weight is 454 g/mol. The molecule has 0 aliphatic carbocycles. The van der Waals surface area contributed by atoms with E-state index in [1.54, 1.807) is 24.5 Å². The number of nitrogens with one attached hydrogen (secondary N) is 2. The molecule has 1 aliphatic rings. The van der Waals surface area contributed by atoms with Gasteiger partial charge in [0.1, 0.15) is 5.65 Å². The van der Waals surface area contributed by atoms with E-state index in [1.807, 2.05) is 31.5 Å². The highest BCUT2D eigenvalue weighted by molar-refractivity contribution is 5.95. The molecule has 1 saturated heterocycles. The zero-order chi connectivity index (χ0) is 23.5. The van der Waals surface area contributed by atoms with Crippen LogP contribution in [0.15, 0.2) is 55.1 Å². The van der Waals surface area contributed by atoms with Crippen LogP contribution in [0, 0.1) is 11.3 Å². The van der Waals surface area contributed by atoms with Crippen molar-refractivity contribution in [1.82, 2.24) is 25.3 Å². The number of amides is 1. The Bertz CT molecular complexity index is 1370. The lowest BCUT2D eigenvalue weighted by atomic mass is 10.0. The second-order valence-electron chi connectivity index (χ2n) is 8.08. The maximum absolute atomic E-state index is 12.7. The van der Waals surface area contributed by atoms with Gasteiger partial charge < -0.3 is 19.9 Å². The molecule has 5 rings (SSSR count). The third-order valence-corrected chi connectivity index (χ3v) is 5.95. The normalized spacial score (nSPS) is 14.5. The minimum Gasteiger partial charge on any atom is -0.378 e. The molecule has 1 aromatic carbocycles. The number of aromatic amines is 1. The molecule has 9 heteroatoms. The van der Waals surface area contributed by atoms with Crippen LogP contribution < -0.4 is 10.2 Å². The first-order chi connectivity index (χ1) is 16.6. The summed E-state index contributed by atoms with van der Waals surface area (Å²) in [6, 6.07) is 11.1. The van der Waals surface area contributed by atoms with Crippen molar-refractivity contribution in [3.8, 4) is 17.2 Å². The lowest BCUT2D eigenvalue weighted by molar-refractivity contribution is 0.0929. The fraction of sp³-hybridized carbons (Fsp3) is 0.240. The molecule has 1 aliphatic heterocycles. The first-order valence-corrected chi connectivity index (χ1v) is 11.1. The summed E-state index contributed by atoms with van der Waals surface area (Å²) in [4.78, 5) is 31.3. The molecule has 1 amide bonds. The van der Waals surface area contributed by atoms with Crippen molar-refractivity contribution in [3.05, 3.63) is 72.1 Å². The number of benzene rings is 1. The summed E-state index contributed by atoms with van der Waals surface area (Å²) in [7, 11) is 0. The zero-order valence-electron chi connectivity index (χ0n) is 18.7. The number of hydrogen-bond acceptors (Lipinski definition) is 7.